The lowest BCUT2D eigenvalue weighted by molar-refractivity contribution is 0.949. The quantitative estimate of drug-likeness (QED) is 0.597. The van der Waals surface area contributed by atoms with Crippen molar-refractivity contribution in [1.82, 2.24) is 0 Å². The van der Waals surface area contributed by atoms with Gasteiger partial charge >= 0.3 is 0 Å². The van der Waals surface area contributed by atoms with Crippen LogP contribution in [-0.2, 0) is 0 Å². The summed E-state index contributed by atoms with van der Waals surface area (Å²) in [6, 6.07) is 0. The van der Waals surface area contributed by atoms with Crippen molar-refractivity contribution in [2.75, 3.05) is 30.2 Å². The van der Waals surface area contributed by atoms with E-state index in [4.69, 9.17) is 0 Å². The average Bonchev–Trinajstić information content (AvgIpc) is 2.39. The van der Waals surface area contributed by atoms with E-state index in [1.807, 2.05) is 0 Å². The fraction of sp³-hybridized carbons (Fsp3) is 1.00. The summed E-state index contributed by atoms with van der Waals surface area (Å²) in [6.45, 7) is 2.40. The Kier molecular flexibility index (Phi) is 3.52. The van der Waals surface area contributed by atoms with Crippen LogP contribution in [0.5, 0.6) is 0 Å². The van der Waals surface area contributed by atoms with Gasteiger partial charge in [0.25, 0.3) is 0 Å². The molecule has 0 bridgehead atoms. The molecule has 0 saturated carbocycles. The lowest BCUT2D eigenvalue weighted by atomic mass is 10.4. The zero-order chi connectivity index (χ0) is 7.45. The molecule has 0 aliphatic carbocycles. The Bertz CT molecular complexity index is 97.4. The third-order valence-electron chi connectivity index (χ3n) is 2.59. The second kappa shape index (κ2) is 3.97. The van der Waals surface area contributed by atoms with Gasteiger partial charge in [0.05, 0.1) is 18.5 Å². The molecule has 0 unspecified atom stereocenters. The monoisotopic (exact) mass is 177 g/mol. The summed E-state index contributed by atoms with van der Waals surface area (Å²) < 4.78 is 0. The summed E-state index contributed by atoms with van der Waals surface area (Å²) >= 11 is 2.07. The van der Waals surface area contributed by atoms with E-state index >= 15 is 0 Å². The number of hydrogen-bond donors (Lipinski definition) is 0. The second-order valence-electron chi connectivity index (χ2n) is 3.23. The molecule has 10 heavy (non-hydrogen) atoms. The molecule has 0 spiro atoms. The van der Waals surface area contributed by atoms with Crippen LogP contribution in [-0.4, -0.2) is 30.2 Å². The molecule has 0 atom stereocenters. The summed E-state index contributed by atoms with van der Waals surface area (Å²) in [4.78, 5) is 0. The molecule has 1 rings (SSSR count). The Labute approximate surface area is 69.5 Å². The first-order valence-corrected chi connectivity index (χ1v) is 8.09. The minimum absolute atomic E-state index is 0.365. The van der Waals surface area contributed by atoms with Gasteiger partial charge in [-0.2, -0.15) is 0 Å². The van der Waals surface area contributed by atoms with Gasteiger partial charge in [-0.3, -0.25) is 0 Å². The minimum Gasteiger partial charge on any atom is -0.125 e. The second-order valence-corrected chi connectivity index (χ2v) is 9.05. The molecule has 60 valence electrons. The standard InChI is InChI=1S/C8H18PS/c1-3-9(8-10-2)6-4-5-7-9/h3-8H2,1-2H3/q+1. The molecule has 0 amide bonds. The van der Waals surface area contributed by atoms with E-state index in [1.54, 1.807) is 12.3 Å². The van der Waals surface area contributed by atoms with Gasteiger partial charge in [0.15, 0.2) is 0 Å². The SMILES string of the molecule is CC[P+]1(CSC)CCCC1. The van der Waals surface area contributed by atoms with Crippen molar-refractivity contribution in [1.29, 1.82) is 0 Å². The molecule has 0 aromatic rings. The predicted molar refractivity (Wildman–Crippen MR) is 54.8 cm³/mol. The number of thioether (sulfide) groups is 1. The summed E-state index contributed by atoms with van der Waals surface area (Å²) in [5.74, 6) is 0. The van der Waals surface area contributed by atoms with E-state index in [0.717, 1.165) is 0 Å². The Morgan fingerprint density at radius 1 is 1.30 bits per heavy atom. The average molecular weight is 177 g/mol. The van der Waals surface area contributed by atoms with Gasteiger partial charge in [-0.1, -0.05) is 0 Å². The van der Waals surface area contributed by atoms with Crippen molar-refractivity contribution >= 4 is 19.0 Å². The van der Waals surface area contributed by atoms with E-state index in [-0.39, 0.29) is 7.26 Å². The Hall–Kier alpha value is 0.780. The van der Waals surface area contributed by atoms with Crippen molar-refractivity contribution in [3.8, 4) is 0 Å². The first-order chi connectivity index (χ1) is 4.83. The zero-order valence-electron chi connectivity index (χ0n) is 7.10. The van der Waals surface area contributed by atoms with Crippen LogP contribution in [0.4, 0.5) is 0 Å². The fourth-order valence-electron chi connectivity index (χ4n) is 1.82. The van der Waals surface area contributed by atoms with Gasteiger partial charge < -0.3 is 0 Å². The predicted octanol–water partition coefficient (Wildman–Crippen LogP) is 3.14. The van der Waals surface area contributed by atoms with Crippen LogP contribution in [0, 0.1) is 0 Å². The normalized spacial score (nSPS) is 23.4. The first kappa shape index (κ1) is 8.87. The Morgan fingerprint density at radius 2 is 1.90 bits per heavy atom. The van der Waals surface area contributed by atoms with E-state index in [2.05, 4.69) is 24.9 Å². The van der Waals surface area contributed by atoms with E-state index in [1.165, 1.54) is 24.5 Å². The first-order valence-electron chi connectivity index (χ1n) is 4.17. The van der Waals surface area contributed by atoms with Gasteiger partial charge in [0, 0.05) is 7.26 Å². The lowest BCUT2D eigenvalue weighted by Crippen LogP contribution is -2.00. The topological polar surface area (TPSA) is 0 Å². The van der Waals surface area contributed by atoms with Crippen LogP contribution >= 0.6 is 19.0 Å². The van der Waals surface area contributed by atoms with Crippen LogP contribution in [0.25, 0.3) is 0 Å². The maximum atomic E-state index is 2.40. The maximum absolute atomic E-state index is 2.40. The lowest BCUT2D eigenvalue weighted by Gasteiger charge is -2.18. The zero-order valence-corrected chi connectivity index (χ0v) is 8.81. The van der Waals surface area contributed by atoms with Crippen LogP contribution in [0.15, 0.2) is 0 Å². The van der Waals surface area contributed by atoms with Crippen molar-refractivity contribution < 1.29 is 0 Å². The van der Waals surface area contributed by atoms with Gasteiger partial charge in [-0.15, -0.1) is 11.8 Å². The molecular formula is C8H18PS+. The van der Waals surface area contributed by atoms with Crippen molar-refractivity contribution in [3.05, 3.63) is 0 Å². The van der Waals surface area contributed by atoms with E-state index < -0.39 is 0 Å². The van der Waals surface area contributed by atoms with Crippen LogP contribution in [0.3, 0.4) is 0 Å². The molecule has 1 aliphatic rings. The molecule has 0 aromatic carbocycles. The Morgan fingerprint density at radius 3 is 2.30 bits per heavy atom. The molecule has 1 saturated heterocycles. The van der Waals surface area contributed by atoms with Gasteiger partial charge in [-0.25, -0.2) is 0 Å². The van der Waals surface area contributed by atoms with Crippen molar-refractivity contribution in [2.45, 2.75) is 19.8 Å². The summed E-state index contributed by atoms with van der Waals surface area (Å²) in [5, 5.41) is 0. The minimum atomic E-state index is -0.365. The van der Waals surface area contributed by atoms with E-state index in [0.29, 0.717) is 0 Å². The van der Waals surface area contributed by atoms with Crippen molar-refractivity contribution in [2.24, 2.45) is 0 Å². The smallest absolute Gasteiger partial charge is 0.104 e. The molecule has 1 heterocycles. The molecular weight excluding hydrogens is 159 g/mol. The number of rotatable bonds is 3. The number of hydrogen-bond acceptors (Lipinski definition) is 1. The summed E-state index contributed by atoms with van der Waals surface area (Å²) in [7, 11) is -0.365. The van der Waals surface area contributed by atoms with Crippen molar-refractivity contribution in [3.63, 3.8) is 0 Å². The summed E-state index contributed by atoms with van der Waals surface area (Å²) in [5.41, 5.74) is 1.50. The third kappa shape index (κ3) is 1.89. The highest BCUT2D eigenvalue weighted by Crippen LogP contribution is 2.64. The maximum Gasteiger partial charge on any atom is 0.104 e. The molecule has 0 N–H and O–H groups in total. The largest absolute Gasteiger partial charge is 0.125 e. The highest BCUT2D eigenvalue weighted by atomic mass is 32.2. The highest BCUT2D eigenvalue weighted by Gasteiger charge is 2.38. The van der Waals surface area contributed by atoms with Crippen LogP contribution in [0.1, 0.15) is 19.8 Å². The summed E-state index contributed by atoms with van der Waals surface area (Å²) in [6.07, 6.45) is 10.0. The fourth-order valence-corrected chi connectivity index (χ4v) is 8.42. The molecule has 0 nitrogen and oxygen atoms in total. The van der Waals surface area contributed by atoms with Crippen LogP contribution in [0.2, 0.25) is 0 Å². The van der Waals surface area contributed by atoms with Gasteiger partial charge in [0.2, 0.25) is 0 Å². The van der Waals surface area contributed by atoms with E-state index in [9.17, 15) is 0 Å². The molecule has 2 heteroatoms. The van der Waals surface area contributed by atoms with Gasteiger partial charge in [-0.05, 0) is 26.0 Å². The molecule has 0 radical (unpaired) electrons. The molecule has 0 aromatic heterocycles. The third-order valence-corrected chi connectivity index (χ3v) is 9.68. The molecule has 1 aliphatic heterocycles. The molecule has 1 fully saturated rings. The highest BCUT2D eigenvalue weighted by molar-refractivity contribution is 8.07. The Balaban J connectivity index is 2.41. The van der Waals surface area contributed by atoms with Crippen LogP contribution < -0.4 is 0 Å². The van der Waals surface area contributed by atoms with Gasteiger partial charge in [0.1, 0.15) is 5.49 Å².